The predicted molar refractivity (Wildman–Crippen MR) is 71.2 cm³/mol. The lowest BCUT2D eigenvalue weighted by atomic mass is 10.2. The number of carboxylic acid groups (broad SMARTS) is 1. The SMILES string of the molecule is C#CCC(N)C(=O)Nc1ccc(C(=O)O)cc1Br. The van der Waals surface area contributed by atoms with E-state index in [1.807, 2.05) is 0 Å². The molecule has 1 unspecified atom stereocenters. The molecule has 0 saturated heterocycles. The normalized spacial score (nSPS) is 11.4. The van der Waals surface area contributed by atoms with Crippen LogP contribution in [0.2, 0.25) is 0 Å². The van der Waals surface area contributed by atoms with Crippen molar-refractivity contribution in [3.05, 3.63) is 28.2 Å². The van der Waals surface area contributed by atoms with E-state index in [1.54, 1.807) is 0 Å². The lowest BCUT2D eigenvalue weighted by Gasteiger charge is -2.11. The van der Waals surface area contributed by atoms with E-state index in [9.17, 15) is 9.59 Å². The minimum absolute atomic E-state index is 0.118. The molecule has 1 rings (SSSR count). The van der Waals surface area contributed by atoms with Gasteiger partial charge in [-0.1, -0.05) is 0 Å². The highest BCUT2D eigenvalue weighted by Crippen LogP contribution is 2.23. The van der Waals surface area contributed by atoms with Crippen LogP contribution in [0.4, 0.5) is 5.69 Å². The summed E-state index contributed by atoms with van der Waals surface area (Å²) in [6.45, 7) is 0. The number of amides is 1. The molecule has 0 radical (unpaired) electrons. The maximum absolute atomic E-state index is 11.6. The molecule has 0 fully saturated rings. The molecule has 0 saturated carbocycles. The molecule has 0 aromatic heterocycles. The standard InChI is InChI=1S/C12H11BrN2O3/c1-2-3-9(14)11(16)15-10-5-4-7(12(17)18)6-8(10)13/h1,4-6,9H,3,14H2,(H,15,16)(H,17,18). The molecule has 6 heteroatoms. The van der Waals surface area contributed by atoms with Crippen LogP contribution in [0.3, 0.4) is 0 Å². The molecule has 0 bridgehead atoms. The summed E-state index contributed by atoms with van der Waals surface area (Å²) in [5, 5.41) is 11.4. The number of nitrogens with two attached hydrogens (primary N) is 1. The molecule has 1 aromatic carbocycles. The van der Waals surface area contributed by atoms with E-state index in [1.165, 1.54) is 18.2 Å². The number of hydrogen-bond acceptors (Lipinski definition) is 3. The molecule has 5 nitrogen and oxygen atoms in total. The zero-order valence-electron chi connectivity index (χ0n) is 9.31. The molecule has 94 valence electrons. The third kappa shape index (κ3) is 3.58. The number of rotatable bonds is 4. The zero-order chi connectivity index (χ0) is 13.7. The third-order valence-corrected chi connectivity index (χ3v) is 2.80. The van der Waals surface area contributed by atoms with Crippen molar-refractivity contribution >= 4 is 33.5 Å². The summed E-state index contributed by atoms with van der Waals surface area (Å²) in [7, 11) is 0. The lowest BCUT2D eigenvalue weighted by Crippen LogP contribution is -2.35. The molecule has 0 aliphatic rings. The van der Waals surface area contributed by atoms with Crippen LogP contribution in [0.1, 0.15) is 16.8 Å². The Hall–Kier alpha value is -1.84. The molecule has 4 N–H and O–H groups in total. The highest BCUT2D eigenvalue weighted by Gasteiger charge is 2.14. The van der Waals surface area contributed by atoms with Gasteiger partial charge in [-0.2, -0.15) is 0 Å². The molecule has 0 aliphatic carbocycles. The monoisotopic (exact) mass is 310 g/mol. The van der Waals surface area contributed by atoms with Gasteiger partial charge in [-0.05, 0) is 34.1 Å². The first-order chi connectivity index (χ1) is 8.45. The van der Waals surface area contributed by atoms with Crippen LogP contribution >= 0.6 is 15.9 Å². The van der Waals surface area contributed by atoms with Gasteiger partial charge in [0.1, 0.15) is 0 Å². The van der Waals surface area contributed by atoms with Crippen molar-refractivity contribution < 1.29 is 14.7 Å². The first-order valence-corrected chi connectivity index (χ1v) is 5.77. The minimum atomic E-state index is -1.04. The fourth-order valence-electron chi connectivity index (χ4n) is 1.19. The summed E-state index contributed by atoms with van der Waals surface area (Å²) in [6, 6.07) is 3.47. The number of carboxylic acids is 1. The van der Waals surface area contributed by atoms with Crippen LogP contribution in [0, 0.1) is 12.3 Å². The number of benzene rings is 1. The number of nitrogens with one attached hydrogen (secondary N) is 1. The topological polar surface area (TPSA) is 92.4 Å². The molecular formula is C12H11BrN2O3. The van der Waals surface area contributed by atoms with Crippen molar-refractivity contribution in [2.75, 3.05) is 5.32 Å². The van der Waals surface area contributed by atoms with Gasteiger partial charge >= 0.3 is 5.97 Å². The van der Waals surface area contributed by atoms with Crippen molar-refractivity contribution in [3.8, 4) is 12.3 Å². The average molecular weight is 311 g/mol. The minimum Gasteiger partial charge on any atom is -0.478 e. The van der Waals surface area contributed by atoms with E-state index in [-0.39, 0.29) is 12.0 Å². The maximum atomic E-state index is 11.6. The highest BCUT2D eigenvalue weighted by atomic mass is 79.9. The van der Waals surface area contributed by atoms with Gasteiger partial charge < -0.3 is 16.2 Å². The number of aromatic carboxylic acids is 1. The Morgan fingerprint density at radius 1 is 1.56 bits per heavy atom. The fourth-order valence-corrected chi connectivity index (χ4v) is 1.67. The second-order valence-electron chi connectivity index (χ2n) is 3.50. The van der Waals surface area contributed by atoms with Crippen LogP contribution in [0.15, 0.2) is 22.7 Å². The van der Waals surface area contributed by atoms with E-state index in [4.69, 9.17) is 17.3 Å². The van der Waals surface area contributed by atoms with E-state index in [0.717, 1.165) is 0 Å². The van der Waals surface area contributed by atoms with Gasteiger partial charge in [0.2, 0.25) is 5.91 Å². The Labute approximate surface area is 112 Å². The van der Waals surface area contributed by atoms with Gasteiger partial charge in [-0.15, -0.1) is 12.3 Å². The molecule has 18 heavy (non-hydrogen) atoms. The molecule has 1 aromatic rings. The first kappa shape index (κ1) is 14.2. The Bertz CT molecular complexity index is 523. The van der Waals surface area contributed by atoms with Crippen molar-refractivity contribution in [2.24, 2.45) is 5.73 Å². The van der Waals surface area contributed by atoms with Crippen LogP contribution < -0.4 is 11.1 Å². The number of anilines is 1. The number of hydrogen-bond donors (Lipinski definition) is 3. The van der Waals surface area contributed by atoms with Crippen LogP contribution in [-0.4, -0.2) is 23.0 Å². The van der Waals surface area contributed by atoms with Crippen LogP contribution in [-0.2, 0) is 4.79 Å². The average Bonchev–Trinajstić information content (AvgIpc) is 2.31. The highest BCUT2D eigenvalue weighted by molar-refractivity contribution is 9.10. The predicted octanol–water partition coefficient (Wildman–Crippen LogP) is 1.44. The molecular weight excluding hydrogens is 300 g/mol. The summed E-state index contributed by atoms with van der Waals surface area (Å²) in [6.07, 6.45) is 5.19. The third-order valence-electron chi connectivity index (χ3n) is 2.15. The summed E-state index contributed by atoms with van der Waals surface area (Å²) < 4.78 is 0.462. The van der Waals surface area contributed by atoms with Gasteiger partial charge in [-0.25, -0.2) is 4.79 Å². The molecule has 0 heterocycles. The second kappa shape index (κ2) is 6.19. The van der Waals surface area contributed by atoms with Crippen LogP contribution in [0.25, 0.3) is 0 Å². The largest absolute Gasteiger partial charge is 0.478 e. The van der Waals surface area contributed by atoms with E-state index in [0.29, 0.717) is 10.2 Å². The van der Waals surface area contributed by atoms with Gasteiger partial charge in [0.15, 0.2) is 0 Å². The Balaban J connectivity index is 2.83. The molecule has 1 amide bonds. The Morgan fingerprint density at radius 3 is 2.72 bits per heavy atom. The van der Waals surface area contributed by atoms with Crippen molar-refractivity contribution in [2.45, 2.75) is 12.5 Å². The Morgan fingerprint density at radius 2 is 2.22 bits per heavy atom. The summed E-state index contributed by atoms with van der Waals surface area (Å²) >= 11 is 3.17. The number of terminal acetylenes is 1. The van der Waals surface area contributed by atoms with Gasteiger partial charge in [0.25, 0.3) is 0 Å². The quantitative estimate of drug-likeness (QED) is 0.734. The van der Waals surface area contributed by atoms with Crippen molar-refractivity contribution in [1.29, 1.82) is 0 Å². The number of halogens is 1. The zero-order valence-corrected chi connectivity index (χ0v) is 10.9. The summed E-state index contributed by atoms with van der Waals surface area (Å²) in [5.41, 5.74) is 6.10. The Kier molecular flexibility index (Phi) is 4.89. The smallest absolute Gasteiger partial charge is 0.335 e. The molecule has 0 spiro atoms. The number of carbonyl (C=O) groups is 2. The van der Waals surface area contributed by atoms with Crippen molar-refractivity contribution in [3.63, 3.8) is 0 Å². The number of carbonyl (C=O) groups excluding carboxylic acids is 1. The van der Waals surface area contributed by atoms with Crippen molar-refractivity contribution in [1.82, 2.24) is 0 Å². The van der Waals surface area contributed by atoms with Gasteiger partial charge in [-0.3, -0.25) is 4.79 Å². The first-order valence-electron chi connectivity index (χ1n) is 4.98. The maximum Gasteiger partial charge on any atom is 0.335 e. The summed E-state index contributed by atoms with van der Waals surface area (Å²) in [5.74, 6) is 0.834. The molecule has 1 atom stereocenters. The second-order valence-corrected chi connectivity index (χ2v) is 4.36. The van der Waals surface area contributed by atoms with E-state index in [2.05, 4.69) is 27.2 Å². The van der Waals surface area contributed by atoms with Gasteiger partial charge in [0, 0.05) is 10.9 Å². The molecule has 0 aliphatic heterocycles. The van der Waals surface area contributed by atoms with E-state index >= 15 is 0 Å². The lowest BCUT2D eigenvalue weighted by molar-refractivity contribution is -0.117. The van der Waals surface area contributed by atoms with Gasteiger partial charge in [0.05, 0.1) is 17.3 Å². The fraction of sp³-hybridized carbons (Fsp3) is 0.167. The van der Waals surface area contributed by atoms with Crippen LogP contribution in [0.5, 0.6) is 0 Å². The summed E-state index contributed by atoms with van der Waals surface area (Å²) in [4.78, 5) is 22.3. The van der Waals surface area contributed by atoms with E-state index < -0.39 is 17.9 Å².